The predicted molar refractivity (Wildman–Crippen MR) is 85.7 cm³/mol. The third-order valence-electron chi connectivity index (χ3n) is 3.80. The Hall–Kier alpha value is -1.99. The van der Waals surface area contributed by atoms with Crippen LogP contribution in [-0.4, -0.2) is 49.0 Å². The van der Waals surface area contributed by atoms with Crippen LogP contribution in [0.4, 0.5) is 9.52 Å². The van der Waals surface area contributed by atoms with Gasteiger partial charge in [0.1, 0.15) is 5.82 Å². The zero-order valence-electron chi connectivity index (χ0n) is 12.3. The second kappa shape index (κ2) is 6.02. The number of thiazole rings is 1. The SMILES string of the molecule is CN1CCN(c2nc(-c3ccc(C(N)=O)cc3F)cs2)CC1. The third-order valence-corrected chi connectivity index (χ3v) is 4.70. The van der Waals surface area contributed by atoms with E-state index in [0.29, 0.717) is 11.3 Å². The molecule has 0 bridgehead atoms. The monoisotopic (exact) mass is 320 g/mol. The molecule has 2 aromatic rings. The summed E-state index contributed by atoms with van der Waals surface area (Å²) in [7, 11) is 2.10. The van der Waals surface area contributed by atoms with Crippen molar-refractivity contribution in [3.05, 3.63) is 35.0 Å². The largest absolute Gasteiger partial charge is 0.366 e. The van der Waals surface area contributed by atoms with Crippen LogP contribution in [0, 0.1) is 5.82 Å². The highest BCUT2D eigenvalue weighted by molar-refractivity contribution is 7.14. The predicted octanol–water partition coefficient (Wildman–Crippen LogP) is 1.80. The van der Waals surface area contributed by atoms with Gasteiger partial charge in [-0.1, -0.05) is 0 Å². The van der Waals surface area contributed by atoms with Crippen molar-refractivity contribution in [3.8, 4) is 11.3 Å². The van der Waals surface area contributed by atoms with Crippen LogP contribution >= 0.6 is 11.3 Å². The Morgan fingerprint density at radius 2 is 2.05 bits per heavy atom. The van der Waals surface area contributed by atoms with Gasteiger partial charge in [-0.25, -0.2) is 9.37 Å². The van der Waals surface area contributed by atoms with E-state index in [4.69, 9.17) is 5.73 Å². The highest BCUT2D eigenvalue weighted by Crippen LogP contribution is 2.29. The lowest BCUT2D eigenvalue weighted by atomic mass is 10.1. The van der Waals surface area contributed by atoms with Crippen LogP contribution in [0.1, 0.15) is 10.4 Å². The van der Waals surface area contributed by atoms with Crippen LogP contribution in [0.3, 0.4) is 0 Å². The van der Waals surface area contributed by atoms with Gasteiger partial charge in [0.2, 0.25) is 5.91 Å². The van der Waals surface area contributed by atoms with Gasteiger partial charge in [-0.3, -0.25) is 4.79 Å². The molecule has 1 saturated heterocycles. The maximum Gasteiger partial charge on any atom is 0.248 e. The van der Waals surface area contributed by atoms with Gasteiger partial charge in [0.15, 0.2) is 5.13 Å². The highest BCUT2D eigenvalue weighted by Gasteiger charge is 2.18. The molecule has 0 saturated carbocycles. The number of rotatable bonds is 3. The van der Waals surface area contributed by atoms with Gasteiger partial charge in [-0.15, -0.1) is 11.3 Å². The molecule has 0 radical (unpaired) electrons. The van der Waals surface area contributed by atoms with E-state index in [-0.39, 0.29) is 5.56 Å². The zero-order chi connectivity index (χ0) is 15.7. The lowest BCUT2D eigenvalue weighted by molar-refractivity contribution is 0.1000. The number of hydrogen-bond donors (Lipinski definition) is 1. The van der Waals surface area contributed by atoms with Gasteiger partial charge in [0, 0.05) is 42.7 Å². The number of amides is 1. The summed E-state index contributed by atoms with van der Waals surface area (Å²) in [4.78, 5) is 20.1. The second-order valence-electron chi connectivity index (χ2n) is 5.36. The molecule has 0 atom stereocenters. The lowest BCUT2D eigenvalue weighted by Gasteiger charge is -2.32. The summed E-state index contributed by atoms with van der Waals surface area (Å²) in [5.41, 5.74) is 6.30. The Bertz CT molecular complexity index is 695. The first-order valence-corrected chi connectivity index (χ1v) is 7.91. The standard InChI is InChI=1S/C15H17FN4OS/c1-19-4-6-20(7-5-19)15-18-13(9-22-15)11-3-2-10(14(17)21)8-12(11)16/h2-3,8-9H,4-7H2,1H3,(H2,17,21). The quantitative estimate of drug-likeness (QED) is 0.937. The lowest BCUT2D eigenvalue weighted by Crippen LogP contribution is -2.44. The van der Waals surface area contributed by atoms with E-state index in [9.17, 15) is 9.18 Å². The number of carbonyl (C=O) groups excluding carboxylic acids is 1. The maximum atomic E-state index is 14.1. The number of halogens is 1. The minimum atomic E-state index is -0.637. The van der Waals surface area contributed by atoms with Crippen molar-refractivity contribution >= 4 is 22.4 Å². The van der Waals surface area contributed by atoms with Crippen LogP contribution in [0.15, 0.2) is 23.6 Å². The Morgan fingerprint density at radius 1 is 1.32 bits per heavy atom. The Labute approximate surface area is 132 Å². The summed E-state index contributed by atoms with van der Waals surface area (Å²) < 4.78 is 14.1. The summed E-state index contributed by atoms with van der Waals surface area (Å²) in [6, 6.07) is 4.24. The van der Waals surface area contributed by atoms with Crippen molar-refractivity contribution in [1.82, 2.24) is 9.88 Å². The molecule has 1 amide bonds. The van der Waals surface area contributed by atoms with E-state index in [2.05, 4.69) is 21.8 Å². The van der Waals surface area contributed by atoms with Crippen molar-refractivity contribution in [2.24, 2.45) is 5.73 Å². The first kappa shape index (κ1) is 14.9. The van der Waals surface area contributed by atoms with Gasteiger partial charge < -0.3 is 15.5 Å². The number of aromatic nitrogens is 1. The Kier molecular flexibility index (Phi) is 4.08. The average molecular weight is 320 g/mol. The molecule has 2 N–H and O–H groups in total. The molecule has 0 spiro atoms. The van der Waals surface area contributed by atoms with E-state index >= 15 is 0 Å². The summed E-state index contributed by atoms with van der Waals surface area (Å²) in [5.74, 6) is -1.12. The number of nitrogens with two attached hydrogens (primary N) is 1. The van der Waals surface area contributed by atoms with E-state index in [1.54, 1.807) is 6.07 Å². The van der Waals surface area contributed by atoms with Gasteiger partial charge >= 0.3 is 0 Å². The highest BCUT2D eigenvalue weighted by atomic mass is 32.1. The summed E-state index contributed by atoms with van der Waals surface area (Å²) >= 11 is 1.51. The topological polar surface area (TPSA) is 62.5 Å². The number of nitrogens with zero attached hydrogens (tertiary/aromatic N) is 3. The van der Waals surface area contributed by atoms with Crippen LogP contribution < -0.4 is 10.6 Å². The van der Waals surface area contributed by atoms with Crippen LogP contribution in [0.2, 0.25) is 0 Å². The fourth-order valence-electron chi connectivity index (χ4n) is 2.41. The zero-order valence-corrected chi connectivity index (χ0v) is 13.1. The van der Waals surface area contributed by atoms with Crippen molar-refractivity contribution < 1.29 is 9.18 Å². The van der Waals surface area contributed by atoms with E-state index in [1.165, 1.54) is 17.4 Å². The Morgan fingerprint density at radius 3 is 2.68 bits per heavy atom. The molecule has 0 aliphatic carbocycles. The summed E-state index contributed by atoms with van der Waals surface area (Å²) in [6.07, 6.45) is 0. The molecule has 116 valence electrons. The fourth-order valence-corrected chi connectivity index (χ4v) is 3.29. The van der Waals surface area contributed by atoms with Gasteiger partial charge in [-0.2, -0.15) is 0 Å². The number of anilines is 1. The van der Waals surface area contributed by atoms with E-state index in [0.717, 1.165) is 37.4 Å². The molecular formula is C15H17FN4OS. The van der Waals surface area contributed by atoms with E-state index < -0.39 is 11.7 Å². The minimum absolute atomic E-state index is 0.163. The first-order chi connectivity index (χ1) is 10.5. The molecule has 3 rings (SSSR count). The Balaban J connectivity index is 1.83. The second-order valence-corrected chi connectivity index (χ2v) is 6.20. The number of carbonyl (C=O) groups is 1. The van der Waals surface area contributed by atoms with Crippen molar-refractivity contribution in [1.29, 1.82) is 0 Å². The number of piperazine rings is 1. The van der Waals surface area contributed by atoms with Gasteiger partial charge in [0.05, 0.1) is 5.69 Å². The molecule has 1 aromatic carbocycles. The maximum absolute atomic E-state index is 14.1. The van der Waals surface area contributed by atoms with Crippen molar-refractivity contribution in [2.75, 3.05) is 38.1 Å². The third kappa shape index (κ3) is 2.95. The fraction of sp³-hybridized carbons (Fsp3) is 0.333. The summed E-state index contributed by atoms with van der Waals surface area (Å²) in [5, 5.41) is 2.75. The van der Waals surface area contributed by atoms with Crippen molar-refractivity contribution in [3.63, 3.8) is 0 Å². The van der Waals surface area contributed by atoms with Gasteiger partial charge in [0.25, 0.3) is 0 Å². The van der Waals surface area contributed by atoms with Crippen LogP contribution in [-0.2, 0) is 0 Å². The molecular weight excluding hydrogens is 303 g/mol. The van der Waals surface area contributed by atoms with Crippen LogP contribution in [0.5, 0.6) is 0 Å². The molecule has 1 aromatic heterocycles. The molecule has 2 heterocycles. The first-order valence-electron chi connectivity index (χ1n) is 7.03. The van der Waals surface area contributed by atoms with Crippen LogP contribution in [0.25, 0.3) is 11.3 Å². The minimum Gasteiger partial charge on any atom is -0.366 e. The molecule has 1 fully saturated rings. The average Bonchev–Trinajstić information content (AvgIpc) is 2.97. The molecule has 0 unspecified atom stereocenters. The number of primary amides is 1. The smallest absolute Gasteiger partial charge is 0.248 e. The number of hydrogen-bond acceptors (Lipinski definition) is 5. The molecule has 1 aliphatic rings. The number of likely N-dealkylation sites (N-methyl/N-ethyl adjacent to an activating group) is 1. The molecule has 7 heteroatoms. The van der Waals surface area contributed by atoms with Gasteiger partial charge in [-0.05, 0) is 25.2 Å². The van der Waals surface area contributed by atoms with E-state index in [1.807, 2.05) is 5.38 Å². The van der Waals surface area contributed by atoms with Crippen molar-refractivity contribution in [2.45, 2.75) is 0 Å². The molecule has 1 aliphatic heterocycles. The molecule has 5 nitrogen and oxygen atoms in total. The normalized spacial score (nSPS) is 16.0. The number of benzene rings is 1. The molecule has 22 heavy (non-hydrogen) atoms. The summed E-state index contributed by atoms with van der Waals surface area (Å²) in [6.45, 7) is 3.84.